The number of benzene rings is 2. The van der Waals surface area contributed by atoms with Gasteiger partial charge in [0.2, 0.25) is 0 Å². The van der Waals surface area contributed by atoms with Crippen LogP contribution in [0, 0.1) is 0 Å². The molecule has 24 heavy (non-hydrogen) atoms. The number of fused-ring (bicyclic) bond motifs is 1. The molecule has 0 radical (unpaired) electrons. The minimum Gasteiger partial charge on any atom is -0.493 e. The van der Waals surface area contributed by atoms with Crippen LogP contribution in [0.1, 0.15) is 23.0 Å². The topological polar surface area (TPSA) is 63.5 Å². The normalized spacial score (nSPS) is 10.8. The maximum atomic E-state index is 12.4. The quantitative estimate of drug-likeness (QED) is 0.724. The Labute approximate surface area is 140 Å². The number of nitrogens with one attached hydrogen (secondary N) is 2. The van der Waals surface area contributed by atoms with E-state index in [4.69, 9.17) is 9.15 Å². The van der Waals surface area contributed by atoms with Gasteiger partial charge in [0.1, 0.15) is 0 Å². The number of ether oxygens (including phenoxy) is 1. The van der Waals surface area contributed by atoms with Crippen molar-refractivity contribution in [2.45, 2.75) is 13.5 Å². The highest BCUT2D eigenvalue weighted by Crippen LogP contribution is 2.32. The van der Waals surface area contributed by atoms with Gasteiger partial charge in [0, 0.05) is 17.6 Å². The Hall–Kier alpha value is -2.79. The van der Waals surface area contributed by atoms with Gasteiger partial charge in [-0.25, -0.2) is 0 Å². The third kappa shape index (κ3) is 3.26. The molecule has 1 amide bonds. The van der Waals surface area contributed by atoms with Crippen LogP contribution in [0.2, 0.25) is 0 Å². The van der Waals surface area contributed by atoms with Gasteiger partial charge in [0.05, 0.1) is 7.11 Å². The lowest BCUT2D eigenvalue weighted by Crippen LogP contribution is -2.12. The van der Waals surface area contributed by atoms with Gasteiger partial charge in [-0.15, -0.1) is 0 Å². The summed E-state index contributed by atoms with van der Waals surface area (Å²) in [6.07, 6.45) is 0. The number of amides is 1. The van der Waals surface area contributed by atoms with E-state index in [1.54, 1.807) is 13.2 Å². The van der Waals surface area contributed by atoms with Crippen molar-refractivity contribution in [3.63, 3.8) is 0 Å². The van der Waals surface area contributed by atoms with E-state index in [9.17, 15) is 4.79 Å². The van der Waals surface area contributed by atoms with Crippen LogP contribution in [0.4, 0.5) is 5.69 Å². The summed E-state index contributed by atoms with van der Waals surface area (Å²) in [6, 6.07) is 14.9. The molecule has 0 aliphatic heterocycles. The van der Waals surface area contributed by atoms with Crippen LogP contribution in [0.15, 0.2) is 52.9 Å². The molecule has 0 aliphatic carbocycles. The van der Waals surface area contributed by atoms with E-state index in [-0.39, 0.29) is 11.7 Å². The Morgan fingerprint density at radius 3 is 2.67 bits per heavy atom. The van der Waals surface area contributed by atoms with Crippen molar-refractivity contribution in [2.75, 3.05) is 19.0 Å². The predicted octanol–water partition coefficient (Wildman–Crippen LogP) is 3.80. The van der Waals surface area contributed by atoms with Crippen LogP contribution >= 0.6 is 0 Å². The number of hydrogen-bond acceptors (Lipinski definition) is 4. The molecule has 0 fully saturated rings. The molecular weight excluding hydrogens is 304 g/mol. The first-order valence-corrected chi connectivity index (χ1v) is 7.89. The molecule has 3 aromatic rings. The van der Waals surface area contributed by atoms with Crippen molar-refractivity contribution in [2.24, 2.45) is 0 Å². The van der Waals surface area contributed by atoms with Crippen LogP contribution in [-0.2, 0) is 6.54 Å². The molecule has 1 aromatic heterocycles. The fourth-order valence-corrected chi connectivity index (χ4v) is 2.55. The average molecular weight is 324 g/mol. The van der Waals surface area contributed by atoms with Crippen LogP contribution < -0.4 is 15.4 Å². The maximum absolute atomic E-state index is 12.4. The monoisotopic (exact) mass is 324 g/mol. The predicted molar refractivity (Wildman–Crippen MR) is 94.5 cm³/mol. The Morgan fingerprint density at radius 1 is 1.17 bits per heavy atom. The van der Waals surface area contributed by atoms with Crippen LogP contribution in [0.25, 0.3) is 11.0 Å². The number of furan rings is 1. The van der Waals surface area contributed by atoms with Gasteiger partial charge in [0.25, 0.3) is 5.91 Å². The molecule has 5 heteroatoms. The largest absolute Gasteiger partial charge is 0.493 e. The first-order chi connectivity index (χ1) is 11.7. The molecule has 0 spiro atoms. The molecule has 0 aliphatic rings. The number of carbonyl (C=O) groups excluding carboxylic acids is 1. The summed E-state index contributed by atoms with van der Waals surface area (Å²) in [4.78, 5) is 12.4. The molecule has 5 nitrogen and oxygen atoms in total. The van der Waals surface area contributed by atoms with Gasteiger partial charge in [-0.1, -0.05) is 31.2 Å². The van der Waals surface area contributed by atoms with Crippen molar-refractivity contribution < 1.29 is 13.9 Å². The van der Waals surface area contributed by atoms with Crippen LogP contribution in [0.5, 0.6) is 5.75 Å². The zero-order valence-electron chi connectivity index (χ0n) is 13.8. The van der Waals surface area contributed by atoms with Crippen molar-refractivity contribution in [3.8, 4) is 5.75 Å². The Bertz CT molecular complexity index is 840. The third-order valence-electron chi connectivity index (χ3n) is 3.78. The average Bonchev–Trinajstić information content (AvgIpc) is 3.06. The van der Waals surface area contributed by atoms with Crippen molar-refractivity contribution >= 4 is 22.6 Å². The fraction of sp³-hybridized carbons (Fsp3) is 0.211. The molecular formula is C19H20N2O3. The van der Waals surface area contributed by atoms with Gasteiger partial charge in [0.15, 0.2) is 17.1 Å². The summed E-state index contributed by atoms with van der Waals surface area (Å²) in [7, 11) is 1.59. The standard InChI is InChI=1S/C19H20N2O3/c1-3-20-12-13-9-10-16(23-2)18-15(13)11-17(24-18)19(22)21-14-7-5-4-6-8-14/h4-11,20H,3,12H2,1-2H3,(H,21,22). The lowest BCUT2D eigenvalue weighted by Gasteiger charge is -2.06. The summed E-state index contributed by atoms with van der Waals surface area (Å²) in [5.41, 5.74) is 2.38. The van der Waals surface area contributed by atoms with Gasteiger partial charge in [-0.3, -0.25) is 4.79 Å². The molecule has 2 aromatic carbocycles. The number of carbonyl (C=O) groups is 1. The Balaban J connectivity index is 1.95. The van der Waals surface area contributed by atoms with E-state index < -0.39 is 0 Å². The second kappa shape index (κ2) is 7.19. The van der Waals surface area contributed by atoms with E-state index in [1.165, 1.54) is 0 Å². The second-order valence-electron chi connectivity index (χ2n) is 5.38. The SMILES string of the molecule is CCNCc1ccc(OC)c2oc(C(=O)Nc3ccccc3)cc12. The van der Waals surface area contributed by atoms with Crippen molar-refractivity contribution in [1.82, 2.24) is 5.32 Å². The maximum Gasteiger partial charge on any atom is 0.291 e. The van der Waals surface area contributed by atoms with Crippen LogP contribution in [0.3, 0.4) is 0 Å². The van der Waals surface area contributed by atoms with E-state index in [2.05, 4.69) is 17.6 Å². The fourth-order valence-electron chi connectivity index (χ4n) is 2.55. The smallest absolute Gasteiger partial charge is 0.291 e. The van der Waals surface area contributed by atoms with Gasteiger partial charge < -0.3 is 19.8 Å². The zero-order chi connectivity index (χ0) is 16.9. The molecule has 3 rings (SSSR count). The summed E-state index contributed by atoms with van der Waals surface area (Å²) >= 11 is 0. The van der Waals surface area contributed by atoms with Gasteiger partial charge in [-0.05, 0) is 36.4 Å². The number of rotatable bonds is 6. The lowest BCUT2D eigenvalue weighted by atomic mass is 10.1. The van der Waals surface area contributed by atoms with E-state index in [0.29, 0.717) is 17.9 Å². The Kier molecular flexibility index (Phi) is 4.82. The minimum atomic E-state index is -0.283. The summed E-state index contributed by atoms with van der Waals surface area (Å²) in [5.74, 6) is 0.592. The first-order valence-electron chi connectivity index (χ1n) is 7.89. The summed E-state index contributed by atoms with van der Waals surface area (Å²) in [5, 5.41) is 7.00. The van der Waals surface area contributed by atoms with E-state index in [1.807, 2.05) is 42.5 Å². The number of para-hydroxylation sites is 1. The van der Waals surface area contributed by atoms with Crippen molar-refractivity contribution in [3.05, 3.63) is 59.9 Å². The highest BCUT2D eigenvalue weighted by molar-refractivity contribution is 6.05. The summed E-state index contributed by atoms with van der Waals surface area (Å²) < 4.78 is 11.1. The molecule has 1 heterocycles. The minimum absolute atomic E-state index is 0.260. The highest BCUT2D eigenvalue weighted by atomic mass is 16.5. The highest BCUT2D eigenvalue weighted by Gasteiger charge is 2.17. The molecule has 0 bridgehead atoms. The van der Waals surface area contributed by atoms with Crippen LogP contribution in [-0.4, -0.2) is 19.6 Å². The number of hydrogen-bond donors (Lipinski definition) is 2. The third-order valence-corrected chi connectivity index (χ3v) is 3.78. The van der Waals surface area contributed by atoms with E-state index in [0.717, 1.165) is 23.2 Å². The van der Waals surface area contributed by atoms with Gasteiger partial charge >= 0.3 is 0 Å². The summed E-state index contributed by atoms with van der Waals surface area (Å²) in [6.45, 7) is 3.62. The molecule has 0 atom stereocenters. The molecule has 2 N–H and O–H groups in total. The lowest BCUT2D eigenvalue weighted by molar-refractivity contribution is 0.0998. The molecule has 124 valence electrons. The Morgan fingerprint density at radius 2 is 1.96 bits per heavy atom. The van der Waals surface area contributed by atoms with E-state index >= 15 is 0 Å². The van der Waals surface area contributed by atoms with Gasteiger partial charge in [-0.2, -0.15) is 0 Å². The molecule has 0 saturated heterocycles. The molecule has 0 saturated carbocycles. The number of anilines is 1. The second-order valence-corrected chi connectivity index (χ2v) is 5.38. The van der Waals surface area contributed by atoms with Crippen molar-refractivity contribution in [1.29, 1.82) is 0 Å². The zero-order valence-corrected chi connectivity index (χ0v) is 13.8. The molecule has 0 unspecified atom stereocenters. The first kappa shape index (κ1) is 16.1. The number of methoxy groups -OCH3 is 1.